The normalized spacial score (nSPS) is 12.4. The smallest absolute Gasteiger partial charge is 0.270 e. The molecule has 5 nitrogen and oxygen atoms in total. The predicted molar refractivity (Wildman–Crippen MR) is 109 cm³/mol. The number of hydrazine groups is 1. The van der Waals surface area contributed by atoms with Crippen LogP contribution >= 0.6 is 0 Å². The Morgan fingerprint density at radius 1 is 0.857 bits per heavy atom. The third-order valence-corrected chi connectivity index (χ3v) is 5.46. The lowest BCUT2D eigenvalue weighted by molar-refractivity contribution is -0.121. The molecule has 0 aliphatic heterocycles. The van der Waals surface area contributed by atoms with Crippen molar-refractivity contribution < 1.29 is 9.59 Å². The van der Waals surface area contributed by atoms with Crippen LogP contribution < -0.4 is 10.9 Å². The van der Waals surface area contributed by atoms with Gasteiger partial charge in [-0.3, -0.25) is 20.4 Å². The number of amides is 2. The summed E-state index contributed by atoms with van der Waals surface area (Å²) in [4.78, 5) is 28.2. The number of benzene rings is 3. The Labute approximate surface area is 161 Å². The lowest BCUT2D eigenvalue weighted by Crippen LogP contribution is -2.42. The Balaban J connectivity index is 1.32. The van der Waals surface area contributed by atoms with E-state index in [0.717, 1.165) is 34.7 Å². The van der Waals surface area contributed by atoms with Crippen molar-refractivity contribution in [3.05, 3.63) is 83.0 Å². The summed E-state index contributed by atoms with van der Waals surface area (Å²) in [5.41, 5.74) is 10.1. The van der Waals surface area contributed by atoms with Crippen molar-refractivity contribution in [2.75, 3.05) is 0 Å². The Kier molecular flexibility index (Phi) is 3.86. The first kappa shape index (κ1) is 16.6. The average molecular weight is 369 g/mol. The van der Waals surface area contributed by atoms with Gasteiger partial charge >= 0.3 is 0 Å². The molecule has 0 fully saturated rings. The van der Waals surface area contributed by atoms with Crippen LogP contribution in [0.5, 0.6) is 0 Å². The second-order valence-electron chi connectivity index (χ2n) is 7.15. The van der Waals surface area contributed by atoms with Crippen molar-refractivity contribution in [1.82, 2.24) is 15.8 Å². The fraction of sp³-hybridized carbons (Fsp3) is 0.130. The molecule has 3 aromatic carbocycles. The number of hydrogen-bond donors (Lipinski definition) is 3. The summed E-state index contributed by atoms with van der Waals surface area (Å²) < 4.78 is 0. The molecule has 0 saturated carbocycles. The molecule has 4 aromatic rings. The molecule has 1 aliphatic carbocycles. The van der Waals surface area contributed by atoms with Gasteiger partial charge in [0.05, 0.1) is 6.42 Å². The van der Waals surface area contributed by atoms with Crippen LogP contribution in [-0.2, 0) is 24.1 Å². The highest BCUT2D eigenvalue weighted by Crippen LogP contribution is 2.32. The molecule has 2 amide bonds. The van der Waals surface area contributed by atoms with Gasteiger partial charge in [-0.25, -0.2) is 0 Å². The first-order valence-electron chi connectivity index (χ1n) is 9.38. The molecule has 1 heterocycles. The molecule has 0 atom stereocenters. The van der Waals surface area contributed by atoms with E-state index in [0.29, 0.717) is 5.56 Å². The van der Waals surface area contributed by atoms with Crippen LogP contribution in [0.25, 0.3) is 21.7 Å². The molecule has 3 N–H and O–H groups in total. The Bertz CT molecular complexity index is 1230. The van der Waals surface area contributed by atoms with Crippen LogP contribution in [-0.4, -0.2) is 16.8 Å². The van der Waals surface area contributed by atoms with Crippen LogP contribution in [0.4, 0.5) is 0 Å². The Morgan fingerprint density at radius 3 is 2.54 bits per heavy atom. The summed E-state index contributed by atoms with van der Waals surface area (Å²) in [5.74, 6) is -0.563. The van der Waals surface area contributed by atoms with Crippen molar-refractivity contribution in [2.45, 2.75) is 19.3 Å². The number of fused-ring (bicyclic) bond motifs is 1. The highest BCUT2D eigenvalue weighted by molar-refractivity contribution is 6.09. The van der Waals surface area contributed by atoms with E-state index < -0.39 is 0 Å². The molecule has 1 aliphatic rings. The number of carbonyl (C=O) groups is 2. The van der Waals surface area contributed by atoms with Crippen LogP contribution in [0.15, 0.2) is 60.8 Å². The van der Waals surface area contributed by atoms with Crippen molar-refractivity contribution in [3.8, 4) is 0 Å². The average Bonchev–Trinajstić information content (AvgIpc) is 3.32. The van der Waals surface area contributed by atoms with Gasteiger partial charge in [-0.15, -0.1) is 0 Å². The van der Waals surface area contributed by atoms with Gasteiger partial charge in [0.25, 0.3) is 5.91 Å². The molecule has 0 bridgehead atoms. The SMILES string of the molecule is O=C(Cc1c[nH]c2ccccc12)NNC(=O)c1ccc2c3c(cccc13)CC2. The summed E-state index contributed by atoms with van der Waals surface area (Å²) in [5, 5.41) is 3.13. The zero-order valence-corrected chi connectivity index (χ0v) is 15.2. The largest absolute Gasteiger partial charge is 0.361 e. The molecule has 28 heavy (non-hydrogen) atoms. The van der Waals surface area contributed by atoms with Gasteiger partial charge in [0, 0.05) is 22.7 Å². The molecule has 0 saturated heterocycles. The summed E-state index contributed by atoms with van der Waals surface area (Å²) >= 11 is 0. The maximum Gasteiger partial charge on any atom is 0.270 e. The first-order valence-corrected chi connectivity index (χ1v) is 9.38. The number of aryl methyl sites for hydroxylation is 2. The monoisotopic (exact) mass is 369 g/mol. The van der Waals surface area contributed by atoms with Crippen molar-refractivity contribution in [1.29, 1.82) is 0 Å². The van der Waals surface area contributed by atoms with Crippen molar-refractivity contribution in [2.24, 2.45) is 0 Å². The molecular weight excluding hydrogens is 350 g/mol. The molecular formula is C23H19N3O2. The Morgan fingerprint density at radius 2 is 1.64 bits per heavy atom. The van der Waals surface area contributed by atoms with E-state index in [1.807, 2.05) is 54.7 Å². The highest BCUT2D eigenvalue weighted by Gasteiger charge is 2.19. The van der Waals surface area contributed by atoms with E-state index in [9.17, 15) is 9.59 Å². The Hall–Kier alpha value is -3.60. The van der Waals surface area contributed by atoms with Gasteiger partial charge in [-0.1, -0.05) is 42.5 Å². The maximum absolute atomic E-state index is 12.7. The number of H-pyrrole nitrogens is 1. The van der Waals surface area contributed by atoms with Gasteiger partial charge in [-0.2, -0.15) is 0 Å². The number of carbonyl (C=O) groups excluding carboxylic acids is 2. The molecule has 5 heteroatoms. The van der Waals surface area contributed by atoms with E-state index in [-0.39, 0.29) is 18.2 Å². The predicted octanol–water partition coefficient (Wildman–Crippen LogP) is 3.42. The summed E-state index contributed by atoms with van der Waals surface area (Å²) in [6, 6.07) is 17.7. The van der Waals surface area contributed by atoms with Crippen LogP contribution in [0, 0.1) is 0 Å². The zero-order valence-electron chi connectivity index (χ0n) is 15.2. The van der Waals surface area contributed by atoms with Gasteiger partial charge in [0.1, 0.15) is 0 Å². The first-order chi connectivity index (χ1) is 13.7. The van der Waals surface area contributed by atoms with Gasteiger partial charge in [0.2, 0.25) is 5.91 Å². The second kappa shape index (κ2) is 6.53. The minimum Gasteiger partial charge on any atom is -0.361 e. The zero-order chi connectivity index (χ0) is 19.1. The van der Waals surface area contributed by atoms with E-state index in [1.54, 1.807) is 0 Å². The molecule has 0 spiro atoms. The van der Waals surface area contributed by atoms with E-state index in [2.05, 4.69) is 21.9 Å². The minimum atomic E-state index is -0.303. The quantitative estimate of drug-likeness (QED) is 0.484. The number of para-hydroxylation sites is 1. The molecule has 1 aromatic heterocycles. The summed E-state index contributed by atoms with van der Waals surface area (Å²) in [6.07, 6.45) is 4.04. The molecule has 5 rings (SSSR count). The van der Waals surface area contributed by atoms with Crippen molar-refractivity contribution in [3.63, 3.8) is 0 Å². The fourth-order valence-corrected chi connectivity index (χ4v) is 4.13. The maximum atomic E-state index is 12.7. The standard InChI is InChI=1S/C23H19N3O2/c27-21(12-16-13-24-20-7-2-1-5-17(16)20)25-26-23(28)19-11-10-15-9-8-14-4-3-6-18(19)22(14)15/h1-7,10-11,13,24H,8-9,12H2,(H,25,27)(H,26,28). The van der Waals surface area contributed by atoms with Gasteiger partial charge in [-0.05, 0) is 52.4 Å². The molecule has 138 valence electrons. The van der Waals surface area contributed by atoms with Crippen LogP contribution in [0.3, 0.4) is 0 Å². The molecule has 0 radical (unpaired) electrons. The lowest BCUT2D eigenvalue weighted by atomic mass is 10.00. The minimum absolute atomic E-state index is 0.189. The van der Waals surface area contributed by atoms with Gasteiger partial charge in [0.15, 0.2) is 0 Å². The number of nitrogens with one attached hydrogen (secondary N) is 3. The second-order valence-corrected chi connectivity index (χ2v) is 7.15. The van der Waals surface area contributed by atoms with E-state index in [4.69, 9.17) is 0 Å². The van der Waals surface area contributed by atoms with E-state index in [1.165, 1.54) is 16.5 Å². The van der Waals surface area contributed by atoms with Gasteiger partial charge < -0.3 is 4.98 Å². The number of aromatic amines is 1. The van der Waals surface area contributed by atoms with Crippen LogP contribution in [0.2, 0.25) is 0 Å². The van der Waals surface area contributed by atoms with E-state index >= 15 is 0 Å². The molecule has 0 unspecified atom stereocenters. The highest BCUT2D eigenvalue weighted by atomic mass is 16.2. The lowest BCUT2D eigenvalue weighted by Gasteiger charge is -2.10. The number of rotatable bonds is 3. The van der Waals surface area contributed by atoms with Crippen LogP contribution in [0.1, 0.15) is 27.0 Å². The summed E-state index contributed by atoms with van der Waals surface area (Å²) in [6.45, 7) is 0. The third kappa shape index (κ3) is 2.72. The number of hydrogen-bond acceptors (Lipinski definition) is 2. The topological polar surface area (TPSA) is 74.0 Å². The number of aromatic nitrogens is 1. The fourth-order valence-electron chi connectivity index (χ4n) is 4.13. The third-order valence-electron chi connectivity index (χ3n) is 5.46. The van der Waals surface area contributed by atoms with Crippen molar-refractivity contribution >= 4 is 33.5 Å². The summed E-state index contributed by atoms with van der Waals surface area (Å²) in [7, 11) is 0.